The fraction of sp³-hybridized carbons (Fsp3) is 0.211. The van der Waals surface area contributed by atoms with E-state index in [0.29, 0.717) is 0 Å². The second-order valence-corrected chi connectivity index (χ2v) is 25.2. The summed E-state index contributed by atoms with van der Waals surface area (Å²) in [5.41, 5.74) is 26.5. The summed E-state index contributed by atoms with van der Waals surface area (Å²) in [6.07, 6.45) is 0. The molecule has 0 bridgehead atoms. The first-order valence-corrected chi connectivity index (χ1v) is 27.7. The van der Waals surface area contributed by atoms with Crippen LogP contribution in [0.5, 0.6) is 0 Å². The average molecular weight is 998 g/mol. The van der Waals surface area contributed by atoms with Crippen LogP contribution >= 0.6 is 0 Å². The van der Waals surface area contributed by atoms with E-state index in [2.05, 4.69) is 312 Å². The first-order chi connectivity index (χ1) is 36.9. The van der Waals surface area contributed by atoms with E-state index in [4.69, 9.17) is 0 Å². The van der Waals surface area contributed by atoms with Gasteiger partial charge in [-0.15, -0.1) is 0 Å². The largest absolute Gasteiger partial charge is 0.310 e. The van der Waals surface area contributed by atoms with Crippen LogP contribution in [0.2, 0.25) is 0 Å². The quantitative estimate of drug-likeness (QED) is 0.147. The first-order valence-electron chi connectivity index (χ1n) is 27.7. The van der Waals surface area contributed by atoms with Crippen molar-refractivity contribution >= 4 is 17.1 Å². The monoisotopic (exact) mass is 998 g/mol. The molecule has 10 aromatic carbocycles. The summed E-state index contributed by atoms with van der Waals surface area (Å²) >= 11 is 0. The van der Waals surface area contributed by atoms with Crippen molar-refractivity contribution in [1.82, 2.24) is 0 Å². The van der Waals surface area contributed by atoms with Gasteiger partial charge in [-0.25, -0.2) is 0 Å². The maximum atomic E-state index is 2.53. The second kappa shape index (κ2) is 18.3. The number of benzene rings is 10. The number of hydrogen-bond donors (Lipinski definition) is 0. The molecule has 1 heteroatoms. The Kier molecular flexibility index (Phi) is 11.9. The fourth-order valence-corrected chi connectivity index (χ4v) is 13.1. The molecule has 0 fully saturated rings. The van der Waals surface area contributed by atoms with E-state index in [1.165, 1.54) is 106 Å². The molecule has 2 aliphatic rings. The minimum Gasteiger partial charge on any atom is -0.310 e. The van der Waals surface area contributed by atoms with Crippen molar-refractivity contribution in [1.29, 1.82) is 0 Å². The van der Waals surface area contributed by atoms with Crippen molar-refractivity contribution in [2.45, 2.75) is 103 Å². The van der Waals surface area contributed by atoms with Crippen molar-refractivity contribution in [3.8, 4) is 33.4 Å². The van der Waals surface area contributed by atoms with Crippen molar-refractivity contribution in [3.63, 3.8) is 0 Å². The number of hydrogen-bond acceptors (Lipinski definition) is 1. The van der Waals surface area contributed by atoms with Crippen LogP contribution in [0.4, 0.5) is 17.1 Å². The fourth-order valence-electron chi connectivity index (χ4n) is 13.1. The molecule has 1 nitrogen and oxygen atoms in total. The Hall–Kier alpha value is -8.00. The lowest BCUT2D eigenvalue weighted by atomic mass is 9.67. The molecule has 10 aromatic rings. The topological polar surface area (TPSA) is 3.24 Å². The van der Waals surface area contributed by atoms with Crippen LogP contribution in [-0.4, -0.2) is 0 Å². The Balaban J connectivity index is 1.09. The van der Waals surface area contributed by atoms with E-state index in [-0.39, 0.29) is 16.2 Å². The molecule has 0 spiro atoms. The lowest BCUT2D eigenvalue weighted by Crippen LogP contribution is -2.29. The third-order valence-electron chi connectivity index (χ3n) is 17.0. The van der Waals surface area contributed by atoms with Crippen LogP contribution in [0.1, 0.15) is 135 Å². The molecule has 0 radical (unpaired) electrons. The van der Waals surface area contributed by atoms with Gasteiger partial charge in [-0.1, -0.05) is 256 Å². The van der Waals surface area contributed by atoms with E-state index in [1.54, 1.807) is 0 Å². The summed E-state index contributed by atoms with van der Waals surface area (Å²) in [4.78, 5) is 2.53. The zero-order valence-corrected chi connectivity index (χ0v) is 46.9. The van der Waals surface area contributed by atoms with Gasteiger partial charge in [0, 0.05) is 17.1 Å². The van der Waals surface area contributed by atoms with Gasteiger partial charge in [-0.05, 0) is 172 Å². The Morgan fingerprint density at radius 2 is 0.597 bits per heavy atom. The van der Waals surface area contributed by atoms with Crippen molar-refractivity contribution in [3.05, 3.63) is 303 Å². The average Bonchev–Trinajstić information content (AvgIpc) is 3.82. The molecule has 12 rings (SSSR count). The number of fused-ring (bicyclic) bond motifs is 6. The molecule has 0 aliphatic heterocycles. The molecule has 0 N–H and O–H groups in total. The molecule has 0 heterocycles. The molecule has 0 saturated heterocycles. The summed E-state index contributed by atoms with van der Waals surface area (Å²) in [6, 6.07) is 88.8. The summed E-state index contributed by atoms with van der Waals surface area (Å²) in [7, 11) is 0. The van der Waals surface area contributed by atoms with Gasteiger partial charge in [0.15, 0.2) is 0 Å². The van der Waals surface area contributed by atoms with Gasteiger partial charge >= 0.3 is 0 Å². The van der Waals surface area contributed by atoms with Crippen LogP contribution in [0.3, 0.4) is 0 Å². The number of rotatable bonds is 8. The molecule has 1 unspecified atom stereocenters. The van der Waals surface area contributed by atoms with E-state index >= 15 is 0 Å². The minimum atomic E-state index is -0.598. The molecular formula is C76H71N. The predicted octanol–water partition coefficient (Wildman–Crippen LogP) is 20.1. The maximum absolute atomic E-state index is 2.53. The van der Waals surface area contributed by atoms with Crippen LogP contribution < -0.4 is 4.90 Å². The Bertz CT molecular complexity index is 3760. The van der Waals surface area contributed by atoms with E-state index < -0.39 is 10.8 Å². The Labute approximate surface area is 459 Å². The van der Waals surface area contributed by atoms with Gasteiger partial charge in [-0.3, -0.25) is 0 Å². The summed E-state index contributed by atoms with van der Waals surface area (Å²) in [5.74, 6) is 0. The summed E-state index contributed by atoms with van der Waals surface area (Å²) < 4.78 is 0. The SMILES string of the molecule is Cc1cc(C)cc(N(c2ccc3c(c2)C(c2ccccc2)(c2ccc(-c4ccc(C(C)(C)C)cc4)cc2)c2ccccc2-3)c2ccc3c(c2)C(c2ccc(C(C)(C)C)cc2)(c2ccc(C(C)(C)C)cc2)c2ccccc2-3)c1. The van der Waals surface area contributed by atoms with Gasteiger partial charge in [0.2, 0.25) is 0 Å². The van der Waals surface area contributed by atoms with Crippen molar-refractivity contribution < 1.29 is 0 Å². The third kappa shape index (κ3) is 8.21. The normalized spacial score (nSPS) is 15.4. The number of anilines is 3. The molecular weight excluding hydrogens is 927 g/mol. The Morgan fingerprint density at radius 1 is 0.273 bits per heavy atom. The van der Waals surface area contributed by atoms with Gasteiger partial charge in [0.05, 0.1) is 10.8 Å². The van der Waals surface area contributed by atoms with Gasteiger partial charge in [-0.2, -0.15) is 0 Å². The van der Waals surface area contributed by atoms with Crippen LogP contribution in [-0.2, 0) is 27.1 Å². The predicted molar refractivity (Wildman–Crippen MR) is 327 cm³/mol. The zero-order chi connectivity index (χ0) is 53.6. The zero-order valence-electron chi connectivity index (χ0n) is 46.9. The van der Waals surface area contributed by atoms with Crippen molar-refractivity contribution in [2.24, 2.45) is 0 Å². The minimum absolute atomic E-state index is 0.0167. The molecule has 380 valence electrons. The second-order valence-electron chi connectivity index (χ2n) is 25.2. The van der Waals surface area contributed by atoms with E-state index in [1.807, 2.05) is 0 Å². The van der Waals surface area contributed by atoms with E-state index in [0.717, 1.165) is 17.1 Å². The van der Waals surface area contributed by atoms with Gasteiger partial charge in [0.25, 0.3) is 0 Å². The standard InChI is InChI=1S/C76H71N/c1-50-45-51(2)47-63(46-50)77(62-42-44-67-65-22-16-18-24-69(65)76(71(67)49-62,59-37-33-55(34-38-59)73(6,7)8)60-39-35-56(36-40-60)74(9,10)11)61-41-43-66-64-21-15-17-23-68(64)75(70(66)48-61,57-19-13-12-14-20-57)58-31-27-53(28-32-58)52-25-29-54(30-26-52)72(3,4)5/h12-49H,1-11H3. The highest BCUT2D eigenvalue weighted by Crippen LogP contribution is 2.60. The molecule has 1 atom stereocenters. The molecule has 77 heavy (non-hydrogen) atoms. The molecule has 0 aromatic heterocycles. The van der Waals surface area contributed by atoms with Crippen LogP contribution in [0.25, 0.3) is 33.4 Å². The lowest BCUT2D eigenvalue weighted by Gasteiger charge is -2.36. The molecule has 2 aliphatic carbocycles. The maximum Gasteiger partial charge on any atom is 0.0714 e. The van der Waals surface area contributed by atoms with Gasteiger partial charge < -0.3 is 4.90 Å². The number of nitrogens with zero attached hydrogens (tertiary/aromatic N) is 1. The third-order valence-corrected chi connectivity index (χ3v) is 17.0. The highest BCUT2D eigenvalue weighted by molar-refractivity contribution is 5.92. The van der Waals surface area contributed by atoms with Crippen molar-refractivity contribution in [2.75, 3.05) is 4.90 Å². The summed E-state index contributed by atoms with van der Waals surface area (Å²) in [5, 5.41) is 0. The lowest BCUT2D eigenvalue weighted by molar-refractivity contribution is 0.588. The van der Waals surface area contributed by atoms with Crippen LogP contribution in [0.15, 0.2) is 231 Å². The smallest absolute Gasteiger partial charge is 0.0714 e. The Morgan fingerprint density at radius 3 is 1.00 bits per heavy atom. The van der Waals surface area contributed by atoms with E-state index in [9.17, 15) is 0 Å². The highest BCUT2D eigenvalue weighted by atomic mass is 15.1. The van der Waals surface area contributed by atoms with Crippen LogP contribution in [0, 0.1) is 13.8 Å². The number of aryl methyl sites for hydroxylation is 2. The first kappa shape index (κ1) is 49.9. The van der Waals surface area contributed by atoms with Gasteiger partial charge in [0.1, 0.15) is 0 Å². The highest BCUT2D eigenvalue weighted by Gasteiger charge is 2.48. The molecule has 0 saturated carbocycles. The summed E-state index contributed by atoms with van der Waals surface area (Å²) in [6.45, 7) is 25.1. The molecule has 0 amide bonds.